The van der Waals surface area contributed by atoms with Crippen LogP contribution in [0.4, 0.5) is 0 Å². The zero-order chi connectivity index (χ0) is 12.0. The smallest absolute Gasteiger partial charge is 0.340 e. The first-order valence-electron chi connectivity index (χ1n) is 5.46. The van der Waals surface area contributed by atoms with Gasteiger partial charge in [-0.25, -0.2) is 9.78 Å². The number of methoxy groups -OCH3 is 1. The van der Waals surface area contributed by atoms with E-state index in [2.05, 4.69) is 9.55 Å². The van der Waals surface area contributed by atoms with Crippen LogP contribution in [0.2, 0.25) is 5.15 Å². The molecule has 0 spiro atoms. The van der Waals surface area contributed by atoms with Gasteiger partial charge in [-0.05, 0) is 25.0 Å². The minimum absolute atomic E-state index is 0.312. The van der Waals surface area contributed by atoms with Gasteiger partial charge in [0.25, 0.3) is 0 Å². The Morgan fingerprint density at radius 1 is 1.59 bits per heavy atom. The number of pyridine rings is 1. The Bertz CT molecular complexity index is 602. The first-order chi connectivity index (χ1) is 8.20. The van der Waals surface area contributed by atoms with Crippen molar-refractivity contribution < 1.29 is 9.53 Å². The second-order valence-corrected chi connectivity index (χ2v) is 4.56. The molecule has 4 nitrogen and oxygen atoms in total. The third-order valence-corrected chi connectivity index (χ3v) is 3.18. The standard InChI is InChI=1S/C12H11ClN2O2/c1-17-12(16)8-6-10(13)14-9-4-5-15(11(8)9)7-2-3-7/h4-7H,2-3H2,1H3. The van der Waals surface area contributed by atoms with Gasteiger partial charge in [0.1, 0.15) is 5.15 Å². The summed E-state index contributed by atoms with van der Waals surface area (Å²) in [4.78, 5) is 16.0. The van der Waals surface area contributed by atoms with Gasteiger partial charge in [0, 0.05) is 12.2 Å². The minimum Gasteiger partial charge on any atom is -0.465 e. The van der Waals surface area contributed by atoms with Gasteiger partial charge in [-0.15, -0.1) is 0 Å². The first kappa shape index (κ1) is 10.6. The molecule has 0 atom stereocenters. The van der Waals surface area contributed by atoms with Crippen molar-refractivity contribution in [2.45, 2.75) is 18.9 Å². The zero-order valence-electron chi connectivity index (χ0n) is 9.31. The highest BCUT2D eigenvalue weighted by atomic mass is 35.5. The van der Waals surface area contributed by atoms with Crippen molar-refractivity contribution >= 4 is 28.6 Å². The Morgan fingerprint density at radius 3 is 3.00 bits per heavy atom. The van der Waals surface area contributed by atoms with E-state index in [9.17, 15) is 4.79 Å². The van der Waals surface area contributed by atoms with E-state index in [4.69, 9.17) is 16.3 Å². The van der Waals surface area contributed by atoms with Crippen LogP contribution in [0.3, 0.4) is 0 Å². The fourth-order valence-corrected chi connectivity index (χ4v) is 2.26. The summed E-state index contributed by atoms with van der Waals surface area (Å²) in [7, 11) is 1.37. The third-order valence-electron chi connectivity index (χ3n) is 2.99. The van der Waals surface area contributed by atoms with Gasteiger partial charge in [-0.2, -0.15) is 0 Å². The molecule has 1 aliphatic rings. The minimum atomic E-state index is -0.375. The maximum atomic E-state index is 11.8. The highest BCUT2D eigenvalue weighted by Gasteiger charge is 2.27. The summed E-state index contributed by atoms with van der Waals surface area (Å²) in [6.07, 6.45) is 4.25. The zero-order valence-corrected chi connectivity index (χ0v) is 10.1. The fraction of sp³-hybridized carbons (Fsp3) is 0.333. The molecule has 0 aromatic carbocycles. The molecule has 0 bridgehead atoms. The van der Waals surface area contributed by atoms with E-state index in [0.29, 0.717) is 16.8 Å². The number of carbonyl (C=O) groups excluding carboxylic acids is 1. The number of halogens is 1. The van der Waals surface area contributed by atoms with Gasteiger partial charge in [0.15, 0.2) is 0 Å². The van der Waals surface area contributed by atoms with Crippen molar-refractivity contribution in [3.8, 4) is 0 Å². The molecule has 1 aliphatic carbocycles. The average molecular weight is 251 g/mol. The molecule has 3 rings (SSSR count). The van der Waals surface area contributed by atoms with Crippen LogP contribution >= 0.6 is 11.6 Å². The molecule has 1 fully saturated rings. The van der Waals surface area contributed by atoms with Gasteiger partial charge < -0.3 is 9.30 Å². The fourth-order valence-electron chi connectivity index (χ4n) is 2.06. The Labute approximate surface area is 103 Å². The monoisotopic (exact) mass is 250 g/mol. The number of rotatable bonds is 2. The number of hydrogen-bond donors (Lipinski definition) is 0. The normalized spacial score (nSPS) is 15.2. The van der Waals surface area contributed by atoms with Crippen molar-refractivity contribution in [2.75, 3.05) is 7.11 Å². The Hall–Kier alpha value is -1.55. The van der Waals surface area contributed by atoms with Crippen LogP contribution in [-0.2, 0) is 4.74 Å². The first-order valence-corrected chi connectivity index (χ1v) is 5.84. The Balaban J connectivity index is 2.29. The number of carbonyl (C=O) groups is 1. The summed E-state index contributed by atoms with van der Waals surface area (Å²) in [5, 5.41) is 0.312. The number of hydrogen-bond acceptors (Lipinski definition) is 3. The van der Waals surface area contributed by atoms with Crippen molar-refractivity contribution in [3.05, 3.63) is 29.0 Å². The van der Waals surface area contributed by atoms with Crippen LogP contribution < -0.4 is 0 Å². The van der Waals surface area contributed by atoms with Gasteiger partial charge in [-0.1, -0.05) is 11.6 Å². The molecule has 2 heterocycles. The SMILES string of the molecule is COC(=O)c1cc(Cl)nc2ccn(C3CC3)c12. The molecule has 88 valence electrons. The average Bonchev–Trinajstić information content (AvgIpc) is 3.08. The van der Waals surface area contributed by atoms with Crippen molar-refractivity contribution in [1.29, 1.82) is 0 Å². The Morgan fingerprint density at radius 2 is 2.35 bits per heavy atom. The lowest BCUT2D eigenvalue weighted by Gasteiger charge is -2.07. The maximum absolute atomic E-state index is 11.8. The third kappa shape index (κ3) is 1.69. The maximum Gasteiger partial charge on any atom is 0.340 e. The van der Waals surface area contributed by atoms with E-state index in [1.807, 2.05) is 12.3 Å². The molecule has 5 heteroatoms. The molecule has 2 aromatic rings. The molecule has 0 N–H and O–H groups in total. The summed E-state index contributed by atoms with van der Waals surface area (Å²) in [5.41, 5.74) is 2.05. The lowest BCUT2D eigenvalue weighted by molar-refractivity contribution is 0.0602. The topological polar surface area (TPSA) is 44.1 Å². The Kier molecular flexibility index (Phi) is 2.33. The molecule has 1 saturated carbocycles. The second-order valence-electron chi connectivity index (χ2n) is 4.17. The lowest BCUT2D eigenvalue weighted by Crippen LogP contribution is -2.05. The summed E-state index contributed by atoms with van der Waals surface area (Å²) in [6.45, 7) is 0. The second kappa shape index (κ2) is 3.74. The van der Waals surface area contributed by atoms with E-state index in [1.165, 1.54) is 7.11 Å². The predicted octanol–water partition coefficient (Wildman–Crippen LogP) is 2.81. The largest absolute Gasteiger partial charge is 0.465 e. The number of fused-ring (bicyclic) bond motifs is 1. The number of esters is 1. The van der Waals surface area contributed by atoms with E-state index in [-0.39, 0.29) is 5.97 Å². The number of nitrogens with zero attached hydrogens (tertiary/aromatic N) is 2. The predicted molar refractivity (Wildman–Crippen MR) is 64.4 cm³/mol. The molecular formula is C12H11ClN2O2. The van der Waals surface area contributed by atoms with Crippen LogP contribution in [0.15, 0.2) is 18.3 Å². The van der Waals surface area contributed by atoms with Crippen molar-refractivity contribution in [2.24, 2.45) is 0 Å². The van der Waals surface area contributed by atoms with Gasteiger partial charge in [0.05, 0.1) is 23.7 Å². The van der Waals surface area contributed by atoms with Crippen LogP contribution in [-0.4, -0.2) is 22.6 Å². The van der Waals surface area contributed by atoms with Gasteiger partial charge in [-0.3, -0.25) is 0 Å². The summed E-state index contributed by atoms with van der Waals surface area (Å²) in [5.74, 6) is -0.375. The van der Waals surface area contributed by atoms with E-state index in [0.717, 1.165) is 23.9 Å². The van der Waals surface area contributed by atoms with Crippen LogP contribution in [0.25, 0.3) is 11.0 Å². The molecule has 17 heavy (non-hydrogen) atoms. The molecule has 0 unspecified atom stereocenters. The van der Waals surface area contributed by atoms with Crippen LogP contribution in [0.1, 0.15) is 29.2 Å². The summed E-state index contributed by atoms with van der Waals surface area (Å²) >= 11 is 5.90. The van der Waals surface area contributed by atoms with Crippen molar-refractivity contribution in [3.63, 3.8) is 0 Å². The van der Waals surface area contributed by atoms with Crippen LogP contribution in [0, 0.1) is 0 Å². The van der Waals surface area contributed by atoms with E-state index < -0.39 is 0 Å². The highest BCUT2D eigenvalue weighted by molar-refractivity contribution is 6.30. The molecule has 2 aromatic heterocycles. The summed E-state index contributed by atoms with van der Waals surface area (Å²) < 4.78 is 6.87. The van der Waals surface area contributed by atoms with Crippen molar-refractivity contribution in [1.82, 2.24) is 9.55 Å². The van der Waals surface area contributed by atoms with E-state index in [1.54, 1.807) is 6.07 Å². The quantitative estimate of drug-likeness (QED) is 0.608. The molecule has 0 aliphatic heterocycles. The molecule has 0 saturated heterocycles. The van der Waals surface area contributed by atoms with Crippen LogP contribution in [0.5, 0.6) is 0 Å². The van der Waals surface area contributed by atoms with Gasteiger partial charge in [0.2, 0.25) is 0 Å². The summed E-state index contributed by atoms with van der Waals surface area (Å²) in [6, 6.07) is 3.93. The molecule has 0 amide bonds. The molecular weight excluding hydrogens is 240 g/mol. The van der Waals surface area contributed by atoms with Gasteiger partial charge >= 0.3 is 5.97 Å². The lowest BCUT2D eigenvalue weighted by atomic mass is 10.2. The number of aromatic nitrogens is 2. The molecule has 0 radical (unpaired) electrons. The van der Waals surface area contributed by atoms with E-state index >= 15 is 0 Å². The highest BCUT2D eigenvalue weighted by Crippen LogP contribution is 2.38. The number of ether oxygens (including phenoxy) is 1.